The first-order valence-electron chi connectivity index (χ1n) is 8.77. The monoisotopic (exact) mass is 383 g/mol. The van der Waals surface area contributed by atoms with Crippen molar-refractivity contribution in [3.05, 3.63) is 12.2 Å². The van der Waals surface area contributed by atoms with Gasteiger partial charge < -0.3 is 19.7 Å². The quantitative estimate of drug-likeness (QED) is 0.700. The van der Waals surface area contributed by atoms with Gasteiger partial charge in [-0.25, -0.2) is 9.59 Å². The van der Waals surface area contributed by atoms with E-state index in [0.717, 1.165) is 4.90 Å². The Morgan fingerprint density at radius 1 is 0.963 bits per heavy atom. The molecular weight excluding hydrogens is 354 g/mol. The van der Waals surface area contributed by atoms with E-state index in [1.165, 1.54) is 17.1 Å². The first-order chi connectivity index (χ1) is 12.3. The van der Waals surface area contributed by atoms with Crippen LogP contribution in [0, 0.1) is 0 Å². The molecule has 152 valence electrons. The van der Waals surface area contributed by atoms with Crippen LogP contribution in [0.4, 0.5) is 9.59 Å². The molecule has 4 amide bonds. The average Bonchev–Trinajstić information content (AvgIpc) is 2.78. The van der Waals surface area contributed by atoms with Crippen molar-refractivity contribution in [3.63, 3.8) is 0 Å². The third-order valence-electron chi connectivity index (χ3n) is 3.20. The summed E-state index contributed by atoms with van der Waals surface area (Å²) in [4.78, 5) is 49.8. The van der Waals surface area contributed by atoms with Crippen LogP contribution in [0.5, 0.6) is 0 Å². The molecule has 1 rings (SSSR count). The molecule has 0 atom stereocenters. The molecule has 1 N–H and O–H groups in total. The highest BCUT2D eigenvalue weighted by Crippen LogP contribution is 2.11. The molecule has 0 aliphatic carbocycles. The second kappa shape index (κ2) is 8.88. The van der Waals surface area contributed by atoms with Gasteiger partial charge in [0.15, 0.2) is 0 Å². The molecule has 9 nitrogen and oxygen atoms in total. The molecule has 1 aliphatic heterocycles. The Kier molecular flexibility index (Phi) is 7.38. The molecule has 9 heteroatoms. The fourth-order valence-electron chi connectivity index (χ4n) is 2.10. The van der Waals surface area contributed by atoms with Crippen molar-refractivity contribution in [2.75, 3.05) is 26.2 Å². The summed E-state index contributed by atoms with van der Waals surface area (Å²) in [5.74, 6) is -0.841. The Hall–Kier alpha value is -2.58. The third-order valence-corrected chi connectivity index (χ3v) is 3.20. The van der Waals surface area contributed by atoms with Gasteiger partial charge in [0.1, 0.15) is 11.2 Å². The molecule has 0 saturated heterocycles. The number of carbonyl (C=O) groups excluding carboxylic acids is 4. The maximum Gasteiger partial charge on any atom is 0.410 e. The van der Waals surface area contributed by atoms with Crippen LogP contribution in [0.2, 0.25) is 0 Å². The number of rotatable bonds is 6. The van der Waals surface area contributed by atoms with Gasteiger partial charge in [-0.2, -0.15) is 0 Å². The molecule has 0 saturated carbocycles. The molecule has 0 aromatic heterocycles. The summed E-state index contributed by atoms with van der Waals surface area (Å²) in [6, 6.07) is 0. The number of alkyl carbamates (subject to hydrolysis) is 1. The summed E-state index contributed by atoms with van der Waals surface area (Å²) < 4.78 is 10.5. The number of hydrogen-bond acceptors (Lipinski definition) is 6. The van der Waals surface area contributed by atoms with Crippen molar-refractivity contribution in [2.45, 2.75) is 52.7 Å². The van der Waals surface area contributed by atoms with Crippen molar-refractivity contribution >= 4 is 24.0 Å². The molecule has 0 aromatic carbocycles. The number of imide groups is 1. The van der Waals surface area contributed by atoms with E-state index in [4.69, 9.17) is 9.47 Å². The summed E-state index contributed by atoms with van der Waals surface area (Å²) >= 11 is 0. The van der Waals surface area contributed by atoms with Crippen LogP contribution in [-0.2, 0) is 19.1 Å². The van der Waals surface area contributed by atoms with E-state index < -0.39 is 35.2 Å². The lowest BCUT2D eigenvalue weighted by molar-refractivity contribution is -0.137. The highest BCUT2D eigenvalue weighted by molar-refractivity contribution is 6.12. The molecular formula is C18H29N3O6. The molecule has 0 fully saturated rings. The Morgan fingerprint density at radius 2 is 1.48 bits per heavy atom. The van der Waals surface area contributed by atoms with E-state index in [2.05, 4.69) is 5.32 Å². The van der Waals surface area contributed by atoms with Gasteiger partial charge in [-0.15, -0.1) is 0 Å². The van der Waals surface area contributed by atoms with Crippen molar-refractivity contribution in [2.24, 2.45) is 0 Å². The van der Waals surface area contributed by atoms with Crippen molar-refractivity contribution in [1.82, 2.24) is 15.1 Å². The van der Waals surface area contributed by atoms with Gasteiger partial charge in [-0.05, 0) is 41.5 Å². The van der Waals surface area contributed by atoms with Gasteiger partial charge in [0.25, 0.3) is 11.8 Å². The van der Waals surface area contributed by atoms with E-state index in [0.29, 0.717) is 0 Å². The van der Waals surface area contributed by atoms with Crippen LogP contribution in [-0.4, -0.2) is 71.2 Å². The number of ether oxygens (including phenoxy) is 2. The summed E-state index contributed by atoms with van der Waals surface area (Å²) in [5, 5.41) is 2.56. The zero-order valence-electron chi connectivity index (χ0n) is 16.8. The normalized spacial score (nSPS) is 14.4. The largest absolute Gasteiger partial charge is 0.444 e. The second-order valence-corrected chi connectivity index (χ2v) is 8.06. The lowest BCUT2D eigenvalue weighted by atomic mass is 10.2. The number of hydrogen-bond donors (Lipinski definition) is 1. The fourth-order valence-corrected chi connectivity index (χ4v) is 2.10. The van der Waals surface area contributed by atoms with Gasteiger partial charge in [0.05, 0.1) is 0 Å². The first-order valence-corrected chi connectivity index (χ1v) is 8.77. The van der Waals surface area contributed by atoms with Gasteiger partial charge in [-0.1, -0.05) is 0 Å². The van der Waals surface area contributed by atoms with Gasteiger partial charge >= 0.3 is 12.2 Å². The minimum Gasteiger partial charge on any atom is -0.444 e. The van der Waals surface area contributed by atoms with Crippen LogP contribution in [0.25, 0.3) is 0 Å². The molecule has 27 heavy (non-hydrogen) atoms. The van der Waals surface area contributed by atoms with Crippen LogP contribution < -0.4 is 5.32 Å². The maximum atomic E-state index is 12.4. The second-order valence-electron chi connectivity index (χ2n) is 8.06. The Balaban J connectivity index is 2.62. The maximum absolute atomic E-state index is 12.4. The number of amides is 4. The van der Waals surface area contributed by atoms with Gasteiger partial charge in [-0.3, -0.25) is 14.5 Å². The van der Waals surface area contributed by atoms with E-state index in [1.807, 2.05) is 0 Å². The van der Waals surface area contributed by atoms with Crippen molar-refractivity contribution in [1.29, 1.82) is 0 Å². The zero-order valence-corrected chi connectivity index (χ0v) is 16.8. The third kappa shape index (κ3) is 8.57. The minimum atomic E-state index is -0.700. The molecule has 1 heterocycles. The van der Waals surface area contributed by atoms with Crippen molar-refractivity contribution < 1.29 is 28.7 Å². The molecule has 1 aliphatic rings. The lowest BCUT2D eigenvalue weighted by Gasteiger charge is -2.28. The summed E-state index contributed by atoms with van der Waals surface area (Å²) in [5.41, 5.74) is -1.33. The summed E-state index contributed by atoms with van der Waals surface area (Å²) in [6.07, 6.45) is 1.18. The van der Waals surface area contributed by atoms with Gasteiger partial charge in [0, 0.05) is 38.3 Å². The SMILES string of the molecule is CC(C)(C)OC(=O)NCCN(CCN1C(=O)C=CC1=O)C(=O)OC(C)(C)C. The number of carbonyl (C=O) groups is 4. The smallest absolute Gasteiger partial charge is 0.410 e. The molecule has 0 spiro atoms. The topological polar surface area (TPSA) is 105 Å². The van der Waals surface area contributed by atoms with Crippen LogP contribution in [0.15, 0.2) is 12.2 Å². The van der Waals surface area contributed by atoms with Crippen LogP contribution in [0.1, 0.15) is 41.5 Å². The molecule has 0 bridgehead atoms. The highest BCUT2D eigenvalue weighted by Gasteiger charge is 2.27. The minimum absolute atomic E-state index is 0.0380. The number of nitrogens with one attached hydrogen (secondary N) is 1. The van der Waals surface area contributed by atoms with E-state index in [1.54, 1.807) is 41.5 Å². The van der Waals surface area contributed by atoms with Crippen molar-refractivity contribution in [3.8, 4) is 0 Å². The van der Waals surface area contributed by atoms with E-state index in [9.17, 15) is 19.2 Å². The molecule has 0 unspecified atom stereocenters. The van der Waals surface area contributed by atoms with E-state index >= 15 is 0 Å². The lowest BCUT2D eigenvalue weighted by Crippen LogP contribution is -2.46. The summed E-state index contributed by atoms with van der Waals surface area (Å²) in [7, 11) is 0. The van der Waals surface area contributed by atoms with Gasteiger partial charge in [0.2, 0.25) is 0 Å². The summed E-state index contributed by atoms with van der Waals surface area (Å²) in [6.45, 7) is 10.8. The Morgan fingerprint density at radius 3 is 1.96 bits per heavy atom. The predicted molar refractivity (Wildman–Crippen MR) is 97.9 cm³/mol. The average molecular weight is 383 g/mol. The number of nitrogens with zero attached hydrogens (tertiary/aromatic N) is 2. The Labute approximate surface area is 159 Å². The van der Waals surface area contributed by atoms with Crippen LogP contribution in [0.3, 0.4) is 0 Å². The molecule has 0 aromatic rings. The zero-order chi connectivity index (χ0) is 20.8. The first kappa shape index (κ1) is 22.5. The highest BCUT2D eigenvalue weighted by atomic mass is 16.6. The standard InChI is InChI=1S/C18H29N3O6/c1-17(2,3)26-15(24)19-9-10-20(16(25)27-18(4,5)6)11-12-21-13(22)7-8-14(21)23/h7-8H,9-12H2,1-6H3,(H,19,24). The predicted octanol–water partition coefficient (Wildman–Crippen LogP) is 1.67. The molecule has 0 radical (unpaired) electrons. The Bertz CT molecular complexity index is 598. The fraction of sp³-hybridized carbons (Fsp3) is 0.667. The van der Waals surface area contributed by atoms with E-state index in [-0.39, 0.29) is 26.2 Å². The van der Waals surface area contributed by atoms with Crippen LogP contribution >= 0.6 is 0 Å².